The van der Waals surface area contributed by atoms with E-state index in [2.05, 4.69) is 0 Å². The van der Waals surface area contributed by atoms with Gasteiger partial charge in [0.15, 0.2) is 5.78 Å². The van der Waals surface area contributed by atoms with Crippen LogP contribution in [0.2, 0.25) is 0 Å². The maximum Gasteiger partial charge on any atom is 0.309 e. The van der Waals surface area contributed by atoms with Gasteiger partial charge in [0.05, 0.1) is 13.0 Å². The number of ether oxygens (including phenoxy) is 1. The first kappa shape index (κ1) is 12.9. The summed E-state index contributed by atoms with van der Waals surface area (Å²) >= 11 is 0. The predicted octanol–water partition coefficient (Wildman–Crippen LogP) is 2.36. The topological polar surface area (TPSA) is 43.4 Å². The summed E-state index contributed by atoms with van der Waals surface area (Å²) in [6, 6.07) is 0. The van der Waals surface area contributed by atoms with Gasteiger partial charge in [-0.05, 0) is 30.3 Å². The van der Waals surface area contributed by atoms with Crippen molar-refractivity contribution >= 4 is 11.8 Å². The maximum atomic E-state index is 11.5. The second-order valence-corrected chi connectivity index (χ2v) is 4.95. The quantitative estimate of drug-likeness (QED) is 0.544. The summed E-state index contributed by atoms with van der Waals surface area (Å²) in [7, 11) is 1.41. The van der Waals surface area contributed by atoms with E-state index in [1.54, 1.807) is 6.92 Å². The molecular formula is C13H20O3. The highest BCUT2D eigenvalue weighted by Crippen LogP contribution is 2.59. The summed E-state index contributed by atoms with van der Waals surface area (Å²) < 4.78 is 4.76. The van der Waals surface area contributed by atoms with E-state index >= 15 is 0 Å². The summed E-state index contributed by atoms with van der Waals surface area (Å²) in [5.74, 6) is -0.0451. The standard InChI is InChI=1S/C13H20O3/c1-6-9(8(2)14)7-10-11(12(15)16-5)13(10,3)4/h7,10-11H,6H2,1-5H3. The third kappa shape index (κ3) is 2.18. The molecule has 0 aliphatic heterocycles. The molecule has 1 aliphatic rings. The van der Waals surface area contributed by atoms with Gasteiger partial charge in [-0.1, -0.05) is 26.8 Å². The Hall–Kier alpha value is -1.12. The number of carbonyl (C=O) groups is 2. The van der Waals surface area contributed by atoms with E-state index in [9.17, 15) is 9.59 Å². The Morgan fingerprint density at radius 1 is 1.38 bits per heavy atom. The van der Waals surface area contributed by atoms with E-state index in [4.69, 9.17) is 4.74 Å². The molecule has 16 heavy (non-hydrogen) atoms. The van der Waals surface area contributed by atoms with Crippen LogP contribution in [0.5, 0.6) is 0 Å². The van der Waals surface area contributed by atoms with Crippen LogP contribution in [0.15, 0.2) is 11.6 Å². The fourth-order valence-corrected chi connectivity index (χ4v) is 2.27. The van der Waals surface area contributed by atoms with Crippen LogP contribution in [0.4, 0.5) is 0 Å². The van der Waals surface area contributed by atoms with Crippen molar-refractivity contribution in [3.8, 4) is 0 Å². The lowest BCUT2D eigenvalue weighted by atomic mass is 10.0. The van der Waals surface area contributed by atoms with E-state index in [-0.39, 0.29) is 29.0 Å². The van der Waals surface area contributed by atoms with Gasteiger partial charge in [-0.2, -0.15) is 0 Å². The van der Waals surface area contributed by atoms with Crippen LogP contribution in [0.25, 0.3) is 0 Å². The first-order valence-electron chi connectivity index (χ1n) is 5.65. The van der Waals surface area contributed by atoms with Gasteiger partial charge in [-0.25, -0.2) is 0 Å². The average molecular weight is 224 g/mol. The van der Waals surface area contributed by atoms with E-state index in [1.807, 2.05) is 26.8 Å². The Morgan fingerprint density at radius 3 is 2.31 bits per heavy atom. The predicted molar refractivity (Wildman–Crippen MR) is 61.8 cm³/mol. The molecule has 0 N–H and O–H groups in total. The first-order valence-corrected chi connectivity index (χ1v) is 5.65. The minimum absolute atomic E-state index is 0.0804. The summed E-state index contributed by atoms with van der Waals surface area (Å²) in [5, 5.41) is 0. The molecule has 90 valence electrons. The Kier molecular flexibility index (Phi) is 3.56. The number of carbonyl (C=O) groups excluding carboxylic acids is 2. The fraction of sp³-hybridized carbons (Fsp3) is 0.692. The van der Waals surface area contributed by atoms with Gasteiger partial charge in [-0.3, -0.25) is 9.59 Å². The lowest BCUT2D eigenvalue weighted by Gasteiger charge is -2.00. The molecule has 0 bridgehead atoms. The highest BCUT2D eigenvalue weighted by Gasteiger charge is 2.61. The number of methoxy groups -OCH3 is 1. The van der Waals surface area contributed by atoms with Crippen LogP contribution in [0.1, 0.15) is 34.1 Å². The van der Waals surface area contributed by atoms with Crippen LogP contribution in [0, 0.1) is 17.3 Å². The molecule has 0 saturated heterocycles. The summed E-state index contributed by atoms with van der Waals surface area (Å²) in [4.78, 5) is 22.8. The van der Waals surface area contributed by atoms with Gasteiger partial charge in [-0.15, -0.1) is 0 Å². The third-order valence-corrected chi connectivity index (χ3v) is 3.58. The number of allylic oxidation sites excluding steroid dienone is 2. The molecule has 0 aromatic rings. The molecular weight excluding hydrogens is 204 g/mol. The Labute approximate surface area is 96.9 Å². The van der Waals surface area contributed by atoms with Crippen molar-refractivity contribution in [2.24, 2.45) is 17.3 Å². The second-order valence-electron chi connectivity index (χ2n) is 4.95. The molecule has 0 aromatic heterocycles. The average Bonchev–Trinajstić information content (AvgIpc) is 2.75. The van der Waals surface area contributed by atoms with Crippen molar-refractivity contribution in [3.05, 3.63) is 11.6 Å². The highest BCUT2D eigenvalue weighted by atomic mass is 16.5. The van der Waals surface area contributed by atoms with Crippen LogP contribution >= 0.6 is 0 Å². The Bertz CT molecular complexity index is 339. The molecule has 0 amide bonds. The SMILES string of the molecule is CCC(=CC1C(C(=O)OC)C1(C)C)C(C)=O. The zero-order valence-electron chi connectivity index (χ0n) is 10.7. The molecule has 0 radical (unpaired) electrons. The first-order chi connectivity index (χ1) is 7.36. The number of rotatable bonds is 4. The summed E-state index contributed by atoms with van der Waals surface area (Å²) in [6.07, 6.45) is 2.67. The molecule has 3 heteroatoms. The normalized spacial score (nSPS) is 27.4. The molecule has 1 aliphatic carbocycles. The van der Waals surface area contributed by atoms with Gasteiger partial charge in [0, 0.05) is 0 Å². The minimum atomic E-state index is -0.176. The smallest absolute Gasteiger partial charge is 0.309 e. The highest BCUT2D eigenvalue weighted by molar-refractivity contribution is 5.93. The van der Waals surface area contributed by atoms with Crippen molar-refractivity contribution in [3.63, 3.8) is 0 Å². The van der Waals surface area contributed by atoms with E-state index in [0.29, 0.717) is 0 Å². The van der Waals surface area contributed by atoms with Gasteiger partial charge >= 0.3 is 5.97 Å². The largest absolute Gasteiger partial charge is 0.469 e. The number of esters is 1. The molecule has 0 spiro atoms. The van der Waals surface area contributed by atoms with Crippen LogP contribution in [-0.2, 0) is 14.3 Å². The molecule has 1 fully saturated rings. The van der Waals surface area contributed by atoms with E-state index in [1.165, 1.54) is 7.11 Å². The van der Waals surface area contributed by atoms with Crippen LogP contribution in [-0.4, -0.2) is 18.9 Å². The molecule has 3 nitrogen and oxygen atoms in total. The van der Waals surface area contributed by atoms with E-state index < -0.39 is 0 Å². The molecule has 0 aromatic carbocycles. The van der Waals surface area contributed by atoms with Gasteiger partial charge in [0.1, 0.15) is 0 Å². The molecule has 2 atom stereocenters. The van der Waals surface area contributed by atoms with E-state index in [0.717, 1.165) is 12.0 Å². The van der Waals surface area contributed by atoms with Crippen molar-refractivity contribution in [1.82, 2.24) is 0 Å². The molecule has 1 saturated carbocycles. The lowest BCUT2D eigenvalue weighted by Crippen LogP contribution is -2.07. The number of ketones is 1. The molecule has 0 heterocycles. The number of hydrogen-bond donors (Lipinski definition) is 0. The zero-order chi connectivity index (χ0) is 12.5. The fourth-order valence-electron chi connectivity index (χ4n) is 2.27. The monoisotopic (exact) mass is 224 g/mol. The van der Waals surface area contributed by atoms with Crippen LogP contribution < -0.4 is 0 Å². The van der Waals surface area contributed by atoms with Gasteiger partial charge in [0.2, 0.25) is 0 Å². The van der Waals surface area contributed by atoms with Crippen molar-refractivity contribution < 1.29 is 14.3 Å². The van der Waals surface area contributed by atoms with Crippen LogP contribution in [0.3, 0.4) is 0 Å². The minimum Gasteiger partial charge on any atom is -0.469 e. The van der Waals surface area contributed by atoms with Crippen molar-refractivity contribution in [1.29, 1.82) is 0 Å². The maximum absolute atomic E-state index is 11.5. The van der Waals surface area contributed by atoms with Crippen molar-refractivity contribution in [2.45, 2.75) is 34.1 Å². The Morgan fingerprint density at radius 2 is 1.94 bits per heavy atom. The zero-order valence-corrected chi connectivity index (χ0v) is 10.7. The van der Waals surface area contributed by atoms with Crippen molar-refractivity contribution in [2.75, 3.05) is 7.11 Å². The molecule has 2 unspecified atom stereocenters. The third-order valence-electron chi connectivity index (χ3n) is 3.58. The number of Topliss-reactive ketones (excluding diaryl/α,β-unsaturated/α-hetero) is 1. The molecule has 1 rings (SSSR count). The lowest BCUT2D eigenvalue weighted by molar-refractivity contribution is -0.143. The summed E-state index contributed by atoms with van der Waals surface area (Å²) in [5.41, 5.74) is 0.729. The number of hydrogen-bond acceptors (Lipinski definition) is 3. The van der Waals surface area contributed by atoms with Gasteiger partial charge in [0.25, 0.3) is 0 Å². The summed E-state index contributed by atoms with van der Waals surface area (Å²) in [6.45, 7) is 7.58. The second kappa shape index (κ2) is 4.40. The Balaban J connectivity index is 2.85. The van der Waals surface area contributed by atoms with Gasteiger partial charge < -0.3 is 4.74 Å².